The standard InChI is InChI=1S/C17H14O4/c18-14-8-4-3-7-13(14)17(20)21-15-10-9-11-5-1-2-6-12(11)16(15)19/h1-8,15,18H,9-10H2/t15-/m0/s1. The maximum absolute atomic E-state index is 12.3. The van der Waals surface area contributed by atoms with E-state index in [0.717, 1.165) is 5.56 Å². The van der Waals surface area contributed by atoms with Gasteiger partial charge in [0.1, 0.15) is 11.3 Å². The van der Waals surface area contributed by atoms with Crippen LogP contribution in [0.3, 0.4) is 0 Å². The first-order chi connectivity index (χ1) is 10.2. The fourth-order valence-electron chi connectivity index (χ4n) is 2.52. The molecule has 0 aliphatic heterocycles. The number of aryl methyl sites for hydroxylation is 1. The summed E-state index contributed by atoms with van der Waals surface area (Å²) in [7, 11) is 0. The Morgan fingerprint density at radius 2 is 1.81 bits per heavy atom. The number of esters is 1. The summed E-state index contributed by atoms with van der Waals surface area (Å²) in [5, 5.41) is 9.65. The van der Waals surface area contributed by atoms with E-state index >= 15 is 0 Å². The van der Waals surface area contributed by atoms with Crippen LogP contribution in [0.1, 0.15) is 32.7 Å². The van der Waals surface area contributed by atoms with Gasteiger partial charge in [-0.2, -0.15) is 0 Å². The van der Waals surface area contributed by atoms with E-state index in [0.29, 0.717) is 18.4 Å². The van der Waals surface area contributed by atoms with Gasteiger partial charge < -0.3 is 9.84 Å². The zero-order chi connectivity index (χ0) is 14.8. The second kappa shape index (κ2) is 5.40. The van der Waals surface area contributed by atoms with Crippen LogP contribution in [0.15, 0.2) is 48.5 Å². The number of fused-ring (bicyclic) bond motifs is 1. The van der Waals surface area contributed by atoms with Gasteiger partial charge in [0.2, 0.25) is 5.78 Å². The third-order valence-corrected chi connectivity index (χ3v) is 3.62. The number of hydrogen-bond donors (Lipinski definition) is 1. The number of aromatic hydroxyl groups is 1. The quantitative estimate of drug-likeness (QED) is 0.860. The number of phenolic OH excluding ortho intramolecular Hbond substituents is 1. The molecule has 0 amide bonds. The Balaban J connectivity index is 1.80. The van der Waals surface area contributed by atoms with Gasteiger partial charge in [-0.25, -0.2) is 4.79 Å². The van der Waals surface area contributed by atoms with Gasteiger partial charge in [-0.3, -0.25) is 4.79 Å². The van der Waals surface area contributed by atoms with E-state index < -0.39 is 12.1 Å². The molecular formula is C17H14O4. The van der Waals surface area contributed by atoms with Crippen LogP contribution < -0.4 is 0 Å². The average Bonchev–Trinajstić information content (AvgIpc) is 2.51. The third kappa shape index (κ3) is 2.52. The van der Waals surface area contributed by atoms with Crippen molar-refractivity contribution in [1.29, 1.82) is 0 Å². The lowest BCUT2D eigenvalue weighted by Crippen LogP contribution is -2.32. The van der Waals surface area contributed by atoms with Crippen molar-refractivity contribution in [1.82, 2.24) is 0 Å². The number of rotatable bonds is 2. The molecule has 1 N–H and O–H groups in total. The Morgan fingerprint density at radius 1 is 1.10 bits per heavy atom. The monoisotopic (exact) mass is 282 g/mol. The molecule has 4 nitrogen and oxygen atoms in total. The molecule has 1 atom stereocenters. The number of para-hydroxylation sites is 1. The molecule has 1 aliphatic rings. The molecule has 3 rings (SSSR count). The largest absolute Gasteiger partial charge is 0.507 e. The number of phenols is 1. The zero-order valence-corrected chi connectivity index (χ0v) is 11.3. The van der Waals surface area contributed by atoms with Gasteiger partial charge in [0.25, 0.3) is 0 Å². The van der Waals surface area contributed by atoms with Gasteiger partial charge in [-0.05, 0) is 30.5 Å². The van der Waals surface area contributed by atoms with Crippen molar-refractivity contribution < 1.29 is 19.4 Å². The van der Waals surface area contributed by atoms with Crippen LogP contribution in [-0.4, -0.2) is 23.0 Å². The normalized spacial score (nSPS) is 17.1. The van der Waals surface area contributed by atoms with Crippen molar-refractivity contribution >= 4 is 11.8 Å². The highest BCUT2D eigenvalue weighted by molar-refractivity contribution is 6.03. The van der Waals surface area contributed by atoms with Crippen molar-refractivity contribution in [2.24, 2.45) is 0 Å². The van der Waals surface area contributed by atoms with Crippen LogP contribution in [0.4, 0.5) is 0 Å². The van der Waals surface area contributed by atoms with Crippen molar-refractivity contribution in [3.63, 3.8) is 0 Å². The van der Waals surface area contributed by atoms with E-state index in [9.17, 15) is 14.7 Å². The van der Waals surface area contributed by atoms with Gasteiger partial charge in [0, 0.05) is 5.56 Å². The lowest BCUT2D eigenvalue weighted by Gasteiger charge is -2.23. The molecule has 0 saturated heterocycles. The topological polar surface area (TPSA) is 63.6 Å². The number of ketones is 1. The predicted octanol–water partition coefficient (Wildman–Crippen LogP) is 2.75. The van der Waals surface area contributed by atoms with Gasteiger partial charge >= 0.3 is 5.97 Å². The Kier molecular flexibility index (Phi) is 3.44. The third-order valence-electron chi connectivity index (χ3n) is 3.62. The maximum Gasteiger partial charge on any atom is 0.342 e. The van der Waals surface area contributed by atoms with E-state index in [-0.39, 0.29) is 17.1 Å². The van der Waals surface area contributed by atoms with Crippen molar-refractivity contribution in [2.45, 2.75) is 18.9 Å². The number of hydrogen-bond acceptors (Lipinski definition) is 4. The molecule has 0 unspecified atom stereocenters. The zero-order valence-electron chi connectivity index (χ0n) is 11.3. The minimum Gasteiger partial charge on any atom is -0.507 e. The molecule has 0 aromatic heterocycles. The molecular weight excluding hydrogens is 268 g/mol. The SMILES string of the molecule is O=C(O[C@H]1CCc2ccccc2C1=O)c1ccccc1O. The molecule has 0 heterocycles. The Hall–Kier alpha value is -2.62. The summed E-state index contributed by atoms with van der Waals surface area (Å²) in [6.45, 7) is 0. The van der Waals surface area contributed by atoms with Crippen LogP contribution in [-0.2, 0) is 11.2 Å². The van der Waals surface area contributed by atoms with E-state index in [1.807, 2.05) is 12.1 Å². The summed E-state index contributed by atoms with van der Waals surface area (Å²) in [5.41, 5.74) is 1.67. The molecule has 0 bridgehead atoms. The van der Waals surface area contributed by atoms with Gasteiger partial charge in [-0.1, -0.05) is 36.4 Å². The molecule has 4 heteroatoms. The summed E-state index contributed by atoms with van der Waals surface area (Å²) < 4.78 is 5.28. The second-order valence-corrected chi connectivity index (χ2v) is 4.97. The van der Waals surface area contributed by atoms with Crippen molar-refractivity contribution in [3.8, 4) is 5.75 Å². The highest BCUT2D eigenvalue weighted by Gasteiger charge is 2.30. The van der Waals surface area contributed by atoms with Crippen LogP contribution >= 0.6 is 0 Å². The summed E-state index contributed by atoms with van der Waals surface area (Å²) >= 11 is 0. The maximum atomic E-state index is 12.3. The Bertz CT molecular complexity index is 705. The van der Waals surface area contributed by atoms with E-state index in [4.69, 9.17) is 4.74 Å². The van der Waals surface area contributed by atoms with Gasteiger partial charge in [-0.15, -0.1) is 0 Å². The predicted molar refractivity (Wildman–Crippen MR) is 76.4 cm³/mol. The highest BCUT2D eigenvalue weighted by Crippen LogP contribution is 2.25. The first-order valence-corrected chi connectivity index (χ1v) is 6.78. The number of carbonyl (C=O) groups is 2. The number of ether oxygens (including phenoxy) is 1. The average molecular weight is 282 g/mol. The summed E-state index contributed by atoms with van der Waals surface area (Å²) in [6.07, 6.45) is 0.377. The summed E-state index contributed by atoms with van der Waals surface area (Å²) in [6, 6.07) is 13.5. The van der Waals surface area contributed by atoms with Crippen LogP contribution in [0.5, 0.6) is 5.75 Å². The van der Waals surface area contributed by atoms with E-state index in [1.54, 1.807) is 24.3 Å². The molecule has 106 valence electrons. The van der Waals surface area contributed by atoms with Crippen molar-refractivity contribution in [2.75, 3.05) is 0 Å². The molecule has 1 aliphatic carbocycles. The van der Waals surface area contributed by atoms with Gasteiger partial charge in [0.15, 0.2) is 6.10 Å². The van der Waals surface area contributed by atoms with E-state index in [1.165, 1.54) is 12.1 Å². The second-order valence-electron chi connectivity index (χ2n) is 4.97. The van der Waals surface area contributed by atoms with Crippen LogP contribution in [0, 0.1) is 0 Å². The molecule has 0 radical (unpaired) electrons. The van der Waals surface area contributed by atoms with E-state index in [2.05, 4.69) is 0 Å². The fraction of sp³-hybridized carbons (Fsp3) is 0.176. The smallest absolute Gasteiger partial charge is 0.342 e. The molecule has 0 spiro atoms. The Morgan fingerprint density at radius 3 is 2.62 bits per heavy atom. The van der Waals surface area contributed by atoms with Crippen molar-refractivity contribution in [3.05, 3.63) is 65.2 Å². The summed E-state index contributed by atoms with van der Waals surface area (Å²) in [4.78, 5) is 24.4. The molecule has 2 aromatic rings. The van der Waals surface area contributed by atoms with Crippen LogP contribution in [0.2, 0.25) is 0 Å². The molecule has 0 fully saturated rings. The highest BCUT2D eigenvalue weighted by atomic mass is 16.5. The Labute approximate surface area is 122 Å². The number of Topliss-reactive ketones (excluding diaryl/α,β-unsaturated/α-hetero) is 1. The lowest BCUT2D eigenvalue weighted by atomic mass is 9.89. The summed E-state index contributed by atoms with van der Waals surface area (Å²) in [5.74, 6) is -1.00. The minimum absolute atomic E-state index is 0.0733. The lowest BCUT2D eigenvalue weighted by molar-refractivity contribution is 0.0254. The molecule has 21 heavy (non-hydrogen) atoms. The first kappa shape index (κ1) is 13.4. The first-order valence-electron chi connectivity index (χ1n) is 6.78. The van der Waals surface area contributed by atoms with Crippen LogP contribution in [0.25, 0.3) is 0 Å². The molecule has 0 saturated carbocycles. The molecule has 2 aromatic carbocycles. The number of benzene rings is 2. The minimum atomic E-state index is -0.785. The van der Waals surface area contributed by atoms with Gasteiger partial charge in [0.05, 0.1) is 0 Å². The number of carbonyl (C=O) groups excluding carboxylic acids is 2. The fourth-order valence-corrected chi connectivity index (χ4v) is 2.52.